The number of hydrogen-bond donors (Lipinski definition) is 1. The molecule has 0 spiro atoms. The molecule has 26 heavy (non-hydrogen) atoms. The molecule has 0 saturated heterocycles. The van der Waals surface area contributed by atoms with Crippen molar-refractivity contribution in [2.24, 2.45) is 0 Å². The summed E-state index contributed by atoms with van der Waals surface area (Å²) >= 11 is 0. The second-order valence-corrected chi connectivity index (χ2v) is 7.12. The lowest BCUT2D eigenvalue weighted by Crippen LogP contribution is -2.36. The van der Waals surface area contributed by atoms with E-state index < -0.39 is 0 Å². The standard InChI is InChI=1S/C22H26N2O2/c1-16(2)19-9-5-6-10-20(19)23-21(25)11-12-22(26)24-14-13-17-7-3-4-8-18(17)15-24/h3-10,16H,11-15H2,1-2H3,(H,23,25). The Morgan fingerprint density at radius 1 is 1.00 bits per heavy atom. The Kier molecular flexibility index (Phi) is 5.71. The van der Waals surface area contributed by atoms with Crippen LogP contribution in [0, 0.1) is 0 Å². The second-order valence-electron chi connectivity index (χ2n) is 7.12. The number of para-hydroxylation sites is 1. The van der Waals surface area contributed by atoms with Crippen LogP contribution >= 0.6 is 0 Å². The van der Waals surface area contributed by atoms with E-state index in [1.807, 2.05) is 41.3 Å². The number of amides is 2. The summed E-state index contributed by atoms with van der Waals surface area (Å²) < 4.78 is 0. The first kappa shape index (κ1) is 18.2. The predicted octanol–water partition coefficient (Wildman–Crippen LogP) is 4.11. The molecule has 1 N–H and O–H groups in total. The topological polar surface area (TPSA) is 49.4 Å². The van der Waals surface area contributed by atoms with E-state index in [1.165, 1.54) is 11.1 Å². The minimum atomic E-state index is -0.108. The van der Waals surface area contributed by atoms with Crippen molar-refractivity contribution >= 4 is 17.5 Å². The summed E-state index contributed by atoms with van der Waals surface area (Å²) in [6.45, 7) is 5.58. The van der Waals surface area contributed by atoms with Gasteiger partial charge in [0.1, 0.15) is 0 Å². The highest BCUT2D eigenvalue weighted by Crippen LogP contribution is 2.24. The lowest BCUT2D eigenvalue weighted by Gasteiger charge is -2.28. The van der Waals surface area contributed by atoms with E-state index >= 15 is 0 Å². The van der Waals surface area contributed by atoms with Crippen molar-refractivity contribution in [2.75, 3.05) is 11.9 Å². The minimum Gasteiger partial charge on any atom is -0.338 e. The van der Waals surface area contributed by atoms with Gasteiger partial charge in [-0.1, -0.05) is 56.3 Å². The van der Waals surface area contributed by atoms with Crippen molar-refractivity contribution in [3.63, 3.8) is 0 Å². The molecule has 4 heteroatoms. The molecular formula is C22H26N2O2. The fraction of sp³-hybridized carbons (Fsp3) is 0.364. The van der Waals surface area contributed by atoms with Gasteiger partial charge in [0.05, 0.1) is 0 Å². The Morgan fingerprint density at radius 2 is 1.69 bits per heavy atom. The Morgan fingerprint density at radius 3 is 2.46 bits per heavy atom. The Hall–Kier alpha value is -2.62. The normalized spacial score (nSPS) is 13.4. The van der Waals surface area contributed by atoms with Gasteiger partial charge in [-0.05, 0) is 35.1 Å². The average molecular weight is 350 g/mol. The summed E-state index contributed by atoms with van der Waals surface area (Å²) in [7, 11) is 0. The Labute approximate surface area is 155 Å². The van der Waals surface area contributed by atoms with Crippen molar-refractivity contribution in [2.45, 2.75) is 45.6 Å². The molecule has 0 aliphatic carbocycles. The first-order chi connectivity index (χ1) is 12.5. The maximum Gasteiger partial charge on any atom is 0.224 e. The summed E-state index contributed by atoms with van der Waals surface area (Å²) in [5.74, 6) is 0.275. The van der Waals surface area contributed by atoms with Crippen molar-refractivity contribution in [3.8, 4) is 0 Å². The molecule has 3 rings (SSSR count). The van der Waals surface area contributed by atoms with E-state index in [0.29, 0.717) is 12.5 Å². The van der Waals surface area contributed by atoms with Crippen molar-refractivity contribution in [3.05, 3.63) is 65.2 Å². The number of carbonyl (C=O) groups excluding carboxylic acids is 2. The highest BCUT2D eigenvalue weighted by molar-refractivity contribution is 5.94. The van der Waals surface area contributed by atoms with E-state index in [0.717, 1.165) is 24.2 Å². The summed E-state index contributed by atoms with van der Waals surface area (Å²) in [6, 6.07) is 16.1. The zero-order chi connectivity index (χ0) is 18.5. The van der Waals surface area contributed by atoms with Gasteiger partial charge in [-0.15, -0.1) is 0 Å². The van der Waals surface area contributed by atoms with E-state index in [1.54, 1.807) is 0 Å². The van der Waals surface area contributed by atoms with Gasteiger partial charge in [-0.3, -0.25) is 9.59 Å². The summed E-state index contributed by atoms with van der Waals surface area (Å²) in [6.07, 6.45) is 1.34. The van der Waals surface area contributed by atoms with Crippen molar-refractivity contribution in [1.29, 1.82) is 0 Å². The molecule has 0 atom stereocenters. The summed E-state index contributed by atoms with van der Waals surface area (Å²) in [4.78, 5) is 26.6. The predicted molar refractivity (Wildman–Crippen MR) is 104 cm³/mol. The lowest BCUT2D eigenvalue weighted by atomic mass is 9.99. The SMILES string of the molecule is CC(C)c1ccccc1NC(=O)CCC(=O)N1CCc2ccccc2C1. The van der Waals surface area contributed by atoms with E-state index in [-0.39, 0.29) is 24.7 Å². The molecule has 0 saturated carbocycles. The van der Waals surface area contributed by atoms with Crippen LogP contribution in [0.3, 0.4) is 0 Å². The van der Waals surface area contributed by atoms with Crippen LogP contribution < -0.4 is 5.32 Å². The number of nitrogens with one attached hydrogen (secondary N) is 1. The summed E-state index contributed by atoms with van der Waals surface area (Å²) in [5.41, 5.74) is 4.48. The van der Waals surface area contributed by atoms with Crippen LogP contribution in [0.15, 0.2) is 48.5 Å². The molecule has 4 nitrogen and oxygen atoms in total. The number of fused-ring (bicyclic) bond motifs is 1. The number of carbonyl (C=O) groups is 2. The van der Waals surface area contributed by atoms with Gasteiger partial charge < -0.3 is 10.2 Å². The molecule has 1 aliphatic rings. The molecule has 0 aromatic heterocycles. The zero-order valence-corrected chi connectivity index (χ0v) is 15.5. The highest BCUT2D eigenvalue weighted by atomic mass is 16.2. The molecule has 1 heterocycles. The fourth-order valence-corrected chi connectivity index (χ4v) is 3.41. The number of anilines is 1. The van der Waals surface area contributed by atoms with Crippen LogP contribution in [0.5, 0.6) is 0 Å². The molecular weight excluding hydrogens is 324 g/mol. The van der Waals surface area contributed by atoms with Crippen LogP contribution in [0.1, 0.15) is 49.3 Å². The van der Waals surface area contributed by atoms with E-state index in [9.17, 15) is 9.59 Å². The lowest BCUT2D eigenvalue weighted by molar-refractivity contribution is -0.133. The molecule has 0 unspecified atom stereocenters. The van der Waals surface area contributed by atoms with Crippen LogP contribution in [0.2, 0.25) is 0 Å². The molecule has 0 fully saturated rings. The van der Waals surface area contributed by atoms with Crippen LogP contribution in [-0.4, -0.2) is 23.3 Å². The van der Waals surface area contributed by atoms with Gasteiger partial charge >= 0.3 is 0 Å². The third-order valence-electron chi connectivity index (χ3n) is 4.91. The molecule has 2 aromatic carbocycles. The molecule has 0 bridgehead atoms. The second kappa shape index (κ2) is 8.17. The Balaban J connectivity index is 1.53. The van der Waals surface area contributed by atoms with E-state index in [4.69, 9.17) is 0 Å². The maximum absolute atomic E-state index is 12.5. The zero-order valence-electron chi connectivity index (χ0n) is 15.5. The third kappa shape index (κ3) is 4.31. The quantitative estimate of drug-likeness (QED) is 0.882. The number of hydrogen-bond acceptors (Lipinski definition) is 2. The van der Waals surface area contributed by atoms with E-state index in [2.05, 4.69) is 31.3 Å². The molecule has 2 amide bonds. The molecule has 2 aromatic rings. The molecule has 136 valence electrons. The fourth-order valence-electron chi connectivity index (χ4n) is 3.41. The van der Waals surface area contributed by atoms with Gasteiger partial charge in [0.2, 0.25) is 11.8 Å². The first-order valence-corrected chi connectivity index (χ1v) is 9.28. The molecule has 1 aliphatic heterocycles. The Bertz CT molecular complexity index is 798. The molecule has 0 radical (unpaired) electrons. The van der Waals surface area contributed by atoms with Crippen LogP contribution in [0.25, 0.3) is 0 Å². The number of benzene rings is 2. The monoisotopic (exact) mass is 350 g/mol. The van der Waals surface area contributed by atoms with Crippen LogP contribution in [0.4, 0.5) is 5.69 Å². The minimum absolute atomic E-state index is 0.0480. The largest absolute Gasteiger partial charge is 0.338 e. The van der Waals surface area contributed by atoms with Gasteiger partial charge in [0.15, 0.2) is 0 Å². The number of rotatable bonds is 5. The van der Waals surface area contributed by atoms with Gasteiger partial charge in [-0.2, -0.15) is 0 Å². The highest BCUT2D eigenvalue weighted by Gasteiger charge is 2.21. The third-order valence-corrected chi connectivity index (χ3v) is 4.91. The van der Waals surface area contributed by atoms with Crippen molar-refractivity contribution in [1.82, 2.24) is 4.90 Å². The average Bonchev–Trinajstić information content (AvgIpc) is 2.66. The van der Waals surface area contributed by atoms with Gasteiger partial charge in [0, 0.05) is 31.6 Å². The summed E-state index contributed by atoms with van der Waals surface area (Å²) in [5, 5.41) is 2.96. The first-order valence-electron chi connectivity index (χ1n) is 9.28. The van der Waals surface area contributed by atoms with Crippen molar-refractivity contribution < 1.29 is 9.59 Å². The smallest absolute Gasteiger partial charge is 0.224 e. The van der Waals surface area contributed by atoms with Gasteiger partial charge in [-0.25, -0.2) is 0 Å². The van der Waals surface area contributed by atoms with Crippen LogP contribution in [-0.2, 0) is 22.6 Å². The maximum atomic E-state index is 12.5. The number of nitrogens with zero attached hydrogens (tertiary/aromatic N) is 1. The van der Waals surface area contributed by atoms with Gasteiger partial charge in [0.25, 0.3) is 0 Å².